The molecule has 12 aromatic rings. The largest absolute Gasteiger partial charge is 0.508 e. The molecule has 133 heavy (non-hydrogen) atoms. The molecule has 0 radical (unpaired) electrons. The van der Waals surface area contributed by atoms with Crippen molar-refractivity contribution in [1.29, 1.82) is 0 Å². The minimum atomic E-state index is -0.373. The van der Waals surface area contributed by atoms with Gasteiger partial charge < -0.3 is 56.0 Å². The van der Waals surface area contributed by atoms with Gasteiger partial charge in [0.05, 0.1) is 11.0 Å². The Bertz CT molecular complexity index is 5770. The van der Waals surface area contributed by atoms with E-state index in [0.29, 0.717) is 44.1 Å². The van der Waals surface area contributed by atoms with E-state index in [9.17, 15) is 45.5 Å². The predicted molar refractivity (Wildman–Crippen MR) is 547 cm³/mol. The summed E-state index contributed by atoms with van der Waals surface area (Å²) in [6.45, 7) is 19.0. The maximum absolute atomic E-state index is 12.5. The highest BCUT2D eigenvalue weighted by atomic mass is 16.6. The first-order valence-electron chi connectivity index (χ1n) is 47.6. The molecule has 5 fully saturated rings. The van der Waals surface area contributed by atoms with Gasteiger partial charge in [-0.15, -0.1) is 0 Å². The molecule has 17 heteroatoms. The number of benzene rings is 12. The number of anilines is 3. The highest BCUT2D eigenvalue weighted by molar-refractivity contribution is 6.03. The molecule has 12 aromatic carbocycles. The molecule has 1 amide bonds. The van der Waals surface area contributed by atoms with E-state index < -0.39 is 0 Å². The van der Waals surface area contributed by atoms with Gasteiger partial charge in [-0.1, -0.05) is 236 Å². The van der Waals surface area contributed by atoms with E-state index in [-0.39, 0.29) is 60.5 Å². The molecule has 4 heterocycles. The lowest BCUT2D eigenvalue weighted by Gasteiger charge is -2.40. The van der Waals surface area contributed by atoms with Crippen LogP contribution < -0.4 is 20.4 Å². The van der Waals surface area contributed by atoms with Crippen molar-refractivity contribution in [3.05, 3.63) is 403 Å². The number of hydrogen-bond donors (Lipinski definition) is 8. The lowest BCUT2D eigenvalue weighted by molar-refractivity contribution is -0.384. The Labute approximate surface area is 786 Å². The zero-order valence-electron chi connectivity index (χ0n) is 77.5. The van der Waals surface area contributed by atoms with Crippen LogP contribution in [0.2, 0.25) is 0 Å². The van der Waals surface area contributed by atoms with Gasteiger partial charge in [-0.2, -0.15) is 0 Å². The van der Waals surface area contributed by atoms with Crippen molar-refractivity contribution in [2.75, 3.05) is 121 Å². The van der Waals surface area contributed by atoms with E-state index in [2.05, 4.69) is 239 Å². The van der Waals surface area contributed by atoms with Crippen LogP contribution in [0.15, 0.2) is 315 Å². The summed E-state index contributed by atoms with van der Waals surface area (Å²) in [6.07, 6.45) is 10.4. The minimum absolute atomic E-state index is 0.00229. The second-order valence-corrected chi connectivity index (χ2v) is 35.7. The first-order chi connectivity index (χ1) is 65.0. The Morgan fingerprint density at radius 2 is 0.729 bits per heavy atom. The van der Waals surface area contributed by atoms with Crippen LogP contribution in [0.25, 0.3) is 44.6 Å². The second-order valence-electron chi connectivity index (χ2n) is 35.7. The number of aliphatic hydroxyl groups excluding tert-OH is 4. The van der Waals surface area contributed by atoms with E-state index in [0.717, 1.165) is 164 Å². The fourth-order valence-electron chi connectivity index (χ4n) is 18.5. The first kappa shape index (κ1) is 96.4. The number of amides is 1. The number of carbonyl (C=O) groups excluding carboxylic acids is 1. The molecule has 1 aliphatic carbocycles. The predicted octanol–water partition coefficient (Wildman–Crippen LogP) is 21.8. The number of aliphatic hydroxyl groups is 4. The van der Waals surface area contributed by atoms with Gasteiger partial charge in [-0.05, 0) is 301 Å². The number of carbonyl (C=O) groups is 1. The van der Waals surface area contributed by atoms with Crippen LogP contribution in [0.3, 0.4) is 0 Å². The molecule has 17 nitrogen and oxygen atoms in total. The summed E-state index contributed by atoms with van der Waals surface area (Å²) in [5.74, 6) is 1.13. The molecule has 0 spiro atoms. The molecule has 8 N–H and O–H groups in total. The summed E-state index contributed by atoms with van der Waals surface area (Å²) in [7, 11) is 2.15. The molecule has 0 aromatic heterocycles. The van der Waals surface area contributed by atoms with Crippen LogP contribution in [0.1, 0.15) is 175 Å². The number of nitro benzene ring substituents is 1. The SMILES string of the molecule is CN1CCN(c2ccc(/C(=C(/CCCO)c3ccccc3)c3ccc([N+](=O)[O-])cc3)cc2)CC1.Cc1ccc(/C(=C(\CCCO)c2ccccc2)c2ccc(N3CCN(C(C)C)CC3)cc2)cc1.O=C(Nc1ccc(/C(=C(/CCCO)c2ccccc2)c2ccc(O)cc2)cc1)C1CCCN1.OCCC/C(=C(\c1ccc(O)cc1)c1ccc(C2CN(C3CC3)C2)cc1)c1ccccc1. The quantitative estimate of drug-likeness (QED) is 0.0112. The van der Waals surface area contributed by atoms with Crippen LogP contribution in [-0.4, -0.2) is 180 Å². The molecule has 17 rings (SSSR count). The molecule has 688 valence electrons. The first-order valence-corrected chi connectivity index (χ1v) is 47.6. The number of likely N-dealkylation sites (N-methyl/N-ethyl adjacent to an activating group) is 1. The third-order valence-electron chi connectivity index (χ3n) is 26.1. The molecule has 4 aliphatic heterocycles. The summed E-state index contributed by atoms with van der Waals surface area (Å²) < 4.78 is 0. The van der Waals surface area contributed by atoms with Crippen LogP contribution in [-0.2, 0) is 4.79 Å². The number of phenolic OH excluding ortho intramolecular Hbond substituents is 2. The monoisotopic (exact) mass is 1780 g/mol. The normalized spacial score (nSPS) is 16.1. The zero-order chi connectivity index (χ0) is 92.8. The number of nitrogens with zero attached hydrogens (tertiary/aromatic N) is 6. The maximum Gasteiger partial charge on any atom is 0.269 e. The van der Waals surface area contributed by atoms with Gasteiger partial charge in [0.25, 0.3) is 5.69 Å². The van der Waals surface area contributed by atoms with Crippen LogP contribution in [0, 0.1) is 17.0 Å². The van der Waals surface area contributed by atoms with Gasteiger partial charge in [0.2, 0.25) is 5.91 Å². The van der Waals surface area contributed by atoms with E-state index in [1.54, 1.807) is 36.4 Å². The number of aryl methyl sites for hydroxylation is 1. The number of non-ortho nitro benzene ring substituents is 1. The van der Waals surface area contributed by atoms with Gasteiger partial charge >= 0.3 is 0 Å². The lowest BCUT2D eigenvalue weighted by Crippen LogP contribution is -2.48. The molecular formula is C116H130N8O9. The number of likely N-dealkylation sites (tertiary alicyclic amines) is 1. The van der Waals surface area contributed by atoms with Crippen molar-refractivity contribution in [2.24, 2.45) is 0 Å². The average molecular weight is 1780 g/mol. The molecule has 1 saturated carbocycles. The number of aromatic hydroxyl groups is 2. The van der Waals surface area contributed by atoms with E-state index in [1.807, 2.05) is 103 Å². The smallest absolute Gasteiger partial charge is 0.269 e. The van der Waals surface area contributed by atoms with Gasteiger partial charge in [-0.3, -0.25) is 24.7 Å². The number of allylic oxidation sites excluding steroid dienone is 4. The molecule has 1 unspecified atom stereocenters. The fraction of sp³-hybridized carbons (Fsp3) is 0.302. The molecule has 1 atom stereocenters. The zero-order valence-corrected chi connectivity index (χ0v) is 77.5. The number of phenols is 2. The van der Waals surface area contributed by atoms with Crippen LogP contribution in [0.4, 0.5) is 22.7 Å². The topological polar surface area (TPSA) is 222 Å². The van der Waals surface area contributed by atoms with Crippen molar-refractivity contribution < 1.29 is 40.4 Å². The third-order valence-corrected chi connectivity index (χ3v) is 26.1. The van der Waals surface area contributed by atoms with Crippen molar-refractivity contribution >= 4 is 73.2 Å². The Balaban J connectivity index is 0.000000142. The number of piperazine rings is 2. The second kappa shape index (κ2) is 48.7. The Kier molecular flexibility index (Phi) is 35.3. The van der Waals surface area contributed by atoms with Crippen molar-refractivity contribution in [1.82, 2.24) is 20.0 Å². The number of rotatable bonds is 32. The standard InChI is InChI=1S/C31H38N2O.C29H31NO2.C28H31N3O3.C28H30N2O3/c1-24(2)32-19-21-33(22-20-32)29-17-15-28(16-18-29)31(27-13-11-25(3)12-14-27)30(10-7-23-34)26-8-5-4-6-9-26;31-18-4-7-28(22-5-2-1-3-6-22)29(24-12-16-27(32)17-13-24)23-10-8-21(9-11-23)25-19-30(20-25)26-14-15-26;1-29-17-19-30(20-18-29)25-13-9-23(10-14-25)28(24-11-15-26(16-12-24)31(33)34)27(8-5-21-32)22-6-3-2-4-7-22;31-19-5-8-25(20-6-2-1-3-7-20)27(22-12-16-24(32)17-13-22)21-10-14-23(15-11-21)30-28(33)26-9-4-18-29-26/h4-6,8-9,11-18,24,34H,7,10,19-23H2,1-3H3;1-3,5-6,8-13,16-17,25-26,31-32H,4,7,14-15,18-20H2;2-4,6-7,9-16,32H,5,8,17-21H2,1H3;1-3,6-7,10-17,26,29,31-32H,4-5,8-9,18-19H2,(H,30,33)/b31-30-;29-28+;28-27+;27-25+. The number of nitro groups is 1. The molecular weight excluding hydrogens is 1650 g/mol. The van der Waals surface area contributed by atoms with E-state index in [4.69, 9.17) is 0 Å². The summed E-state index contributed by atoms with van der Waals surface area (Å²) >= 11 is 0. The third kappa shape index (κ3) is 26.4. The number of hydrogen-bond acceptors (Lipinski definition) is 15. The van der Waals surface area contributed by atoms with Gasteiger partial charge in [0, 0.05) is 139 Å². The van der Waals surface area contributed by atoms with Crippen molar-refractivity contribution in [3.63, 3.8) is 0 Å². The van der Waals surface area contributed by atoms with E-state index in [1.165, 1.54) is 98.5 Å². The van der Waals surface area contributed by atoms with Gasteiger partial charge in [-0.25, -0.2) is 0 Å². The minimum Gasteiger partial charge on any atom is -0.508 e. The highest BCUT2D eigenvalue weighted by Gasteiger charge is 2.38. The van der Waals surface area contributed by atoms with E-state index >= 15 is 0 Å². The van der Waals surface area contributed by atoms with Gasteiger partial charge in [0.15, 0.2) is 0 Å². The molecule has 5 aliphatic rings. The maximum atomic E-state index is 12.5. The fourth-order valence-corrected chi connectivity index (χ4v) is 18.5. The van der Waals surface area contributed by atoms with Crippen LogP contribution in [0.5, 0.6) is 11.5 Å². The molecule has 0 bridgehead atoms. The summed E-state index contributed by atoms with van der Waals surface area (Å²) in [4.78, 5) is 35.7. The Morgan fingerprint density at radius 3 is 1.05 bits per heavy atom. The Hall–Kier alpha value is -12.7. The summed E-state index contributed by atoms with van der Waals surface area (Å²) in [6, 6.07) is 108. The van der Waals surface area contributed by atoms with Gasteiger partial charge in [0.1, 0.15) is 11.5 Å². The average Bonchev–Trinajstić information content (AvgIpc) is 1.78. The summed E-state index contributed by atoms with van der Waals surface area (Å²) in [5.41, 5.74) is 28.6. The Morgan fingerprint density at radius 1 is 0.406 bits per heavy atom. The van der Waals surface area contributed by atoms with Crippen LogP contribution >= 0.6 is 0 Å². The highest BCUT2D eigenvalue weighted by Crippen LogP contribution is 2.44. The number of nitrogens with one attached hydrogen (secondary N) is 2. The lowest BCUT2D eigenvalue weighted by atomic mass is 9.85. The van der Waals surface area contributed by atoms with Crippen molar-refractivity contribution in [2.45, 2.75) is 122 Å². The van der Waals surface area contributed by atoms with Crippen molar-refractivity contribution in [3.8, 4) is 11.5 Å². The molecule has 4 saturated heterocycles. The summed E-state index contributed by atoms with van der Waals surface area (Å²) in [5, 5.41) is 75.4.